The molecule has 0 aliphatic carbocycles. The predicted octanol–water partition coefficient (Wildman–Crippen LogP) is 4.40. The zero-order valence-electron chi connectivity index (χ0n) is 14.7. The van der Waals surface area contributed by atoms with Crippen LogP contribution in [0.1, 0.15) is 17.5 Å². The minimum atomic E-state index is -1.01. The molecule has 0 unspecified atom stereocenters. The number of nitriles is 1. The third-order valence-corrected chi connectivity index (χ3v) is 5.01. The lowest BCUT2D eigenvalue weighted by Gasteiger charge is -2.12. The Labute approximate surface area is 170 Å². The highest BCUT2D eigenvalue weighted by Crippen LogP contribution is 2.22. The first-order chi connectivity index (χ1) is 13.5. The largest absolute Gasteiger partial charge is 0.449 e. The van der Waals surface area contributed by atoms with Gasteiger partial charge >= 0.3 is 5.97 Å². The number of hydrogen-bond donors (Lipinski definition) is 1. The van der Waals surface area contributed by atoms with Crippen LogP contribution < -0.4 is 5.32 Å². The summed E-state index contributed by atoms with van der Waals surface area (Å²) in [7, 11) is 0. The van der Waals surface area contributed by atoms with E-state index in [0.29, 0.717) is 16.3 Å². The van der Waals surface area contributed by atoms with Crippen molar-refractivity contribution in [3.63, 3.8) is 0 Å². The fourth-order valence-corrected chi connectivity index (χ4v) is 3.39. The monoisotopic (exact) mass is 411 g/mol. The number of carbonyl (C=O) groups is 2. The molecule has 1 amide bonds. The third-order valence-electron chi connectivity index (χ3n) is 3.69. The van der Waals surface area contributed by atoms with Crippen molar-refractivity contribution in [2.75, 3.05) is 5.32 Å². The van der Waals surface area contributed by atoms with Crippen LogP contribution in [0.15, 0.2) is 48.5 Å². The average Bonchev–Trinajstić information content (AvgIpc) is 3.09. The van der Waals surface area contributed by atoms with E-state index < -0.39 is 18.0 Å². The Hall–Kier alpha value is -3.21. The number of para-hydroxylation sites is 1. The summed E-state index contributed by atoms with van der Waals surface area (Å²) < 4.78 is 6.13. The number of hydrogen-bond acceptors (Lipinski definition) is 6. The van der Waals surface area contributed by atoms with Gasteiger partial charge in [0.2, 0.25) is 0 Å². The molecule has 0 saturated carbocycles. The minimum Gasteiger partial charge on any atom is -0.449 e. The number of ether oxygens (including phenoxy) is 1. The van der Waals surface area contributed by atoms with Gasteiger partial charge in [0.25, 0.3) is 5.91 Å². The molecule has 0 bridgehead atoms. The first kappa shape index (κ1) is 19.5. The number of nitrogens with one attached hydrogen (secondary N) is 1. The molecule has 3 rings (SSSR count). The molecular weight excluding hydrogens is 398 g/mol. The van der Waals surface area contributed by atoms with E-state index in [1.165, 1.54) is 36.5 Å². The lowest BCUT2D eigenvalue weighted by Crippen LogP contribution is -2.29. The highest BCUT2D eigenvalue weighted by Gasteiger charge is 2.17. The molecule has 0 saturated heterocycles. The molecule has 6 nitrogen and oxygen atoms in total. The fourth-order valence-electron chi connectivity index (χ4n) is 2.30. The van der Waals surface area contributed by atoms with Gasteiger partial charge in [-0.15, -0.1) is 11.3 Å². The fraction of sp³-hybridized carbons (Fsp3) is 0.100. The summed E-state index contributed by atoms with van der Waals surface area (Å²) in [6.45, 7) is 1.46. The van der Waals surface area contributed by atoms with E-state index in [-0.39, 0.29) is 5.02 Å². The molecule has 28 heavy (non-hydrogen) atoms. The van der Waals surface area contributed by atoms with Crippen molar-refractivity contribution >= 4 is 56.8 Å². The Balaban J connectivity index is 1.57. The summed E-state index contributed by atoms with van der Waals surface area (Å²) in [5.74, 6) is -1.16. The van der Waals surface area contributed by atoms with Crippen LogP contribution in [0, 0.1) is 11.3 Å². The number of thiazole rings is 1. The first-order valence-electron chi connectivity index (χ1n) is 8.21. The lowest BCUT2D eigenvalue weighted by molar-refractivity contribution is -0.148. The second kappa shape index (κ2) is 8.65. The minimum absolute atomic E-state index is 0.226. The van der Waals surface area contributed by atoms with E-state index in [1.54, 1.807) is 12.1 Å². The highest BCUT2D eigenvalue weighted by atomic mass is 35.5. The maximum Gasteiger partial charge on any atom is 0.331 e. The van der Waals surface area contributed by atoms with Gasteiger partial charge in [-0.05, 0) is 43.3 Å². The topological polar surface area (TPSA) is 92.1 Å². The second-order valence-electron chi connectivity index (χ2n) is 5.73. The smallest absolute Gasteiger partial charge is 0.331 e. The van der Waals surface area contributed by atoms with Crippen LogP contribution in [0.25, 0.3) is 16.3 Å². The van der Waals surface area contributed by atoms with Gasteiger partial charge in [-0.2, -0.15) is 5.26 Å². The van der Waals surface area contributed by atoms with Crippen LogP contribution in [0.5, 0.6) is 0 Å². The zero-order valence-corrected chi connectivity index (χ0v) is 16.3. The van der Waals surface area contributed by atoms with Crippen molar-refractivity contribution in [3.05, 3.63) is 64.1 Å². The van der Waals surface area contributed by atoms with E-state index in [1.807, 2.05) is 30.3 Å². The van der Waals surface area contributed by atoms with Gasteiger partial charge in [0.1, 0.15) is 11.1 Å². The van der Waals surface area contributed by atoms with Crippen molar-refractivity contribution in [1.82, 2.24) is 4.98 Å². The Morgan fingerprint density at radius 3 is 2.82 bits per heavy atom. The molecule has 1 heterocycles. The standard InChI is InChI=1S/C20H14ClN3O3S/c1-12(20(26)23-14-7-6-13(11-22)15(21)10-14)27-19(25)9-8-18-24-16-4-2-3-5-17(16)28-18/h2-10,12H,1H3,(H,23,26)/b9-8+/t12-/m0/s1. The molecule has 140 valence electrons. The van der Waals surface area contributed by atoms with E-state index in [2.05, 4.69) is 10.3 Å². The van der Waals surface area contributed by atoms with Crippen LogP contribution in [-0.4, -0.2) is 23.0 Å². The number of halogens is 1. The normalized spacial score (nSPS) is 11.9. The number of fused-ring (bicyclic) bond motifs is 1. The van der Waals surface area contributed by atoms with Gasteiger partial charge in [-0.1, -0.05) is 23.7 Å². The molecule has 1 atom stereocenters. The van der Waals surface area contributed by atoms with Crippen molar-refractivity contribution < 1.29 is 14.3 Å². The van der Waals surface area contributed by atoms with Gasteiger partial charge in [0.15, 0.2) is 6.10 Å². The summed E-state index contributed by atoms with van der Waals surface area (Å²) in [6.07, 6.45) is 1.78. The molecular formula is C20H14ClN3O3S. The van der Waals surface area contributed by atoms with Gasteiger partial charge in [0, 0.05) is 11.8 Å². The Morgan fingerprint density at radius 2 is 2.11 bits per heavy atom. The molecule has 1 aromatic heterocycles. The highest BCUT2D eigenvalue weighted by molar-refractivity contribution is 7.19. The maximum absolute atomic E-state index is 12.2. The second-order valence-corrected chi connectivity index (χ2v) is 7.20. The number of carbonyl (C=O) groups excluding carboxylic acids is 2. The van der Waals surface area contributed by atoms with Crippen molar-refractivity contribution in [2.24, 2.45) is 0 Å². The number of anilines is 1. The summed E-state index contributed by atoms with van der Waals surface area (Å²) in [5.41, 5.74) is 1.57. The Morgan fingerprint density at radius 1 is 1.32 bits per heavy atom. The van der Waals surface area contributed by atoms with Crippen LogP contribution in [0.4, 0.5) is 5.69 Å². The molecule has 0 fully saturated rings. The van der Waals surface area contributed by atoms with Gasteiger partial charge in [-0.3, -0.25) is 4.79 Å². The summed E-state index contributed by atoms with van der Waals surface area (Å²) in [5, 5.41) is 12.3. The first-order valence-corrected chi connectivity index (χ1v) is 9.40. The van der Waals surface area contributed by atoms with E-state index in [4.69, 9.17) is 21.6 Å². The van der Waals surface area contributed by atoms with E-state index in [9.17, 15) is 9.59 Å². The number of esters is 1. The zero-order chi connectivity index (χ0) is 20.1. The number of aromatic nitrogens is 1. The third kappa shape index (κ3) is 4.74. The Bertz CT molecular complexity index is 1080. The van der Waals surface area contributed by atoms with Crippen LogP contribution in [0.2, 0.25) is 5.02 Å². The number of nitrogens with zero attached hydrogens (tertiary/aromatic N) is 2. The molecule has 0 spiro atoms. The number of benzene rings is 2. The number of amides is 1. The maximum atomic E-state index is 12.2. The molecule has 0 aliphatic heterocycles. The summed E-state index contributed by atoms with van der Waals surface area (Å²) in [6, 6.07) is 14.1. The lowest BCUT2D eigenvalue weighted by atomic mass is 10.2. The Kier molecular flexibility index (Phi) is 6.04. The van der Waals surface area contributed by atoms with Crippen molar-refractivity contribution in [3.8, 4) is 6.07 Å². The molecule has 0 aliphatic rings. The summed E-state index contributed by atoms with van der Waals surface area (Å²) in [4.78, 5) is 28.5. The SMILES string of the molecule is C[C@H](OC(=O)/C=C/c1nc2ccccc2s1)C(=O)Nc1ccc(C#N)c(Cl)c1. The molecule has 0 radical (unpaired) electrons. The van der Waals surface area contributed by atoms with Crippen LogP contribution in [-0.2, 0) is 14.3 Å². The molecule has 3 aromatic rings. The van der Waals surface area contributed by atoms with Crippen molar-refractivity contribution in [2.45, 2.75) is 13.0 Å². The average molecular weight is 412 g/mol. The van der Waals surface area contributed by atoms with Gasteiger partial charge in [0.05, 0.1) is 20.8 Å². The van der Waals surface area contributed by atoms with Gasteiger partial charge < -0.3 is 10.1 Å². The molecule has 8 heteroatoms. The van der Waals surface area contributed by atoms with Gasteiger partial charge in [-0.25, -0.2) is 9.78 Å². The number of rotatable bonds is 5. The summed E-state index contributed by atoms with van der Waals surface area (Å²) >= 11 is 7.38. The molecule has 1 N–H and O–H groups in total. The molecule has 2 aromatic carbocycles. The van der Waals surface area contributed by atoms with E-state index in [0.717, 1.165) is 10.2 Å². The van der Waals surface area contributed by atoms with Crippen LogP contribution in [0.3, 0.4) is 0 Å². The van der Waals surface area contributed by atoms with E-state index >= 15 is 0 Å². The van der Waals surface area contributed by atoms with Crippen molar-refractivity contribution in [1.29, 1.82) is 5.26 Å². The predicted molar refractivity (Wildman–Crippen MR) is 109 cm³/mol. The quantitative estimate of drug-likeness (QED) is 0.496. The van der Waals surface area contributed by atoms with Crippen LogP contribution >= 0.6 is 22.9 Å².